The second-order valence-electron chi connectivity index (χ2n) is 9.46. The molecule has 174 valence electrons. The first-order valence-electron chi connectivity index (χ1n) is 12.1. The molecule has 6 nitrogen and oxygen atoms in total. The molecule has 4 aromatic rings. The number of hydrogen-bond donors (Lipinski definition) is 1. The van der Waals surface area contributed by atoms with Crippen LogP contribution < -0.4 is 10.5 Å². The van der Waals surface area contributed by atoms with Gasteiger partial charge in [0.05, 0.1) is 10.9 Å². The number of aromatic nitrogens is 3. The lowest BCUT2D eigenvalue weighted by atomic mass is 9.95. The molecule has 0 saturated carbocycles. The second-order valence-corrected chi connectivity index (χ2v) is 9.46. The van der Waals surface area contributed by atoms with E-state index in [0.717, 1.165) is 54.3 Å². The summed E-state index contributed by atoms with van der Waals surface area (Å²) < 4.78 is 22.0. The topological polar surface area (TPSA) is 77.2 Å². The molecular weight excluding hydrogens is 429 g/mol. The molecule has 0 unspecified atom stereocenters. The van der Waals surface area contributed by atoms with Crippen LogP contribution in [0.3, 0.4) is 0 Å². The molecule has 7 heteroatoms. The minimum absolute atomic E-state index is 0.0501. The van der Waals surface area contributed by atoms with E-state index in [1.807, 2.05) is 30.3 Å². The number of hydrogen-bond acceptors (Lipinski definition) is 6. The van der Waals surface area contributed by atoms with Crippen molar-refractivity contribution in [2.45, 2.75) is 44.6 Å². The van der Waals surface area contributed by atoms with Gasteiger partial charge in [-0.2, -0.15) is 9.97 Å². The number of benzene rings is 2. The summed E-state index contributed by atoms with van der Waals surface area (Å²) in [5.74, 6) is -0.325. The van der Waals surface area contributed by atoms with Crippen molar-refractivity contribution in [3.63, 3.8) is 0 Å². The Kier molecular flexibility index (Phi) is 5.10. The zero-order valence-corrected chi connectivity index (χ0v) is 19.4. The van der Waals surface area contributed by atoms with Crippen molar-refractivity contribution in [3.8, 4) is 17.3 Å². The van der Waals surface area contributed by atoms with Gasteiger partial charge in [0.25, 0.3) is 0 Å². The number of rotatable bonds is 5. The molecule has 0 atom stereocenters. The number of fused-ring (bicyclic) bond motifs is 3. The molecule has 2 aromatic heterocycles. The average Bonchev–Trinajstić information content (AvgIpc) is 3.43. The number of halogens is 1. The summed E-state index contributed by atoms with van der Waals surface area (Å²) >= 11 is 0. The first-order chi connectivity index (χ1) is 16.6. The molecule has 2 aliphatic rings. The van der Waals surface area contributed by atoms with Gasteiger partial charge in [-0.15, -0.1) is 0 Å². The summed E-state index contributed by atoms with van der Waals surface area (Å²) in [7, 11) is 0. The highest BCUT2D eigenvalue weighted by molar-refractivity contribution is 6.00. The SMILES string of the molecule is CCc1cccc2cccc(-c3ncc4c(N)nc(OCC56CCCN5CCC6)nc4c3F)c12. The van der Waals surface area contributed by atoms with E-state index in [1.165, 1.54) is 12.8 Å². The fourth-order valence-electron chi connectivity index (χ4n) is 5.88. The van der Waals surface area contributed by atoms with Crippen LogP contribution in [0.1, 0.15) is 38.2 Å². The van der Waals surface area contributed by atoms with Crippen LogP contribution in [0.4, 0.5) is 10.2 Å². The van der Waals surface area contributed by atoms with Crippen molar-refractivity contribution >= 4 is 27.5 Å². The van der Waals surface area contributed by atoms with Crippen LogP contribution >= 0.6 is 0 Å². The van der Waals surface area contributed by atoms with E-state index in [2.05, 4.69) is 32.8 Å². The highest BCUT2D eigenvalue weighted by atomic mass is 19.1. The lowest BCUT2D eigenvalue weighted by Crippen LogP contribution is -2.43. The number of ether oxygens (including phenoxy) is 1. The smallest absolute Gasteiger partial charge is 0.319 e. The van der Waals surface area contributed by atoms with Crippen LogP contribution in [0.25, 0.3) is 32.9 Å². The number of nitrogens with two attached hydrogens (primary N) is 1. The summed E-state index contributed by atoms with van der Waals surface area (Å²) in [4.78, 5) is 15.8. The summed E-state index contributed by atoms with van der Waals surface area (Å²) in [6.07, 6.45) is 6.99. The normalized spacial score (nSPS) is 17.5. The van der Waals surface area contributed by atoms with Crippen molar-refractivity contribution in [1.82, 2.24) is 19.9 Å². The molecule has 2 N–H and O–H groups in total. The van der Waals surface area contributed by atoms with Gasteiger partial charge in [-0.05, 0) is 61.5 Å². The van der Waals surface area contributed by atoms with Crippen LogP contribution in [0.2, 0.25) is 0 Å². The Morgan fingerprint density at radius 3 is 2.62 bits per heavy atom. The number of aryl methyl sites for hydroxylation is 1. The van der Waals surface area contributed by atoms with Crippen molar-refractivity contribution in [2.75, 3.05) is 25.4 Å². The molecule has 0 aliphatic carbocycles. The summed E-state index contributed by atoms with van der Waals surface area (Å²) in [5, 5.41) is 2.46. The van der Waals surface area contributed by atoms with Gasteiger partial charge < -0.3 is 10.5 Å². The summed E-state index contributed by atoms with van der Waals surface area (Å²) in [5.41, 5.74) is 8.55. The zero-order chi connectivity index (χ0) is 23.3. The van der Waals surface area contributed by atoms with E-state index >= 15 is 4.39 Å². The molecule has 2 fully saturated rings. The van der Waals surface area contributed by atoms with Crippen LogP contribution in [-0.2, 0) is 6.42 Å². The van der Waals surface area contributed by atoms with E-state index in [-0.39, 0.29) is 28.6 Å². The Balaban J connectivity index is 1.43. The first-order valence-corrected chi connectivity index (χ1v) is 12.1. The summed E-state index contributed by atoms with van der Waals surface area (Å²) in [6, 6.07) is 12.2. The van der Waals surface area contributed by atoms with Gasteiger partial charge in [0.1, 0.15) is 23.6 Å². The number of pyridine rings is 1. The Morgan fingerprint density at radius 1 is 1.09 bits per heavy atom. The highest BCUT2D eigenvalue weighted by Crippen LogP contribution is 2.39. The maximum atomic E-state index is 16.0. The Labute approximate surface area is 198 Å². The highest BCUT2D eigenvalue weighted by Gasteiger charge is 2.45. The van der Waals surface area contributed by atoms with E-state index in [9.17, 15) is 0 Å². The van der Waals surface area contributed by atoms with Gasteiger partial charge in [-0.1, -0.05) is 43.3 Å². The minimum Gasteiger partial charge on any atom is -0.461 e. The van der Waals surface area contributed by atoms with Gasteiger partial charge >= 0.3 is 6.01 Å². The maximum Gasteiger partial charge on any atom is 0.319 e. The largest absolute Gasteiger partial charge is 0.461 e. The van der Waals surface area contributed by atoms with Gasteiger partial charge in [0, 0.05) is 11.8 Å². The van der Waals surface area contributed by atoms with Gasteiger partial charge in [0.15, 0.2) is 5.82 Å². The molecule has 0 bridgehead atoms. The lowest BCUT2D eigenvalue weighted by Gasteiger charge is -2.31. The van der Waals surface area contributed by atoms with E-state index in [0.29, 0.717) is 12.0 Å². The molecule has 2 aliphatic heterocycles. The third kappa shape index (κ3) is 3.29. The van der Waals surface area contributed by atoms with Crippen LogP contribution in [0, 0.1) is 5.82 Å². The zero-order valence-electron chi connectivity index (χ0n) is 19.4. The average molecular weight is 458 g/mol. The van der Waals surface area contributed by atoms with E-state index < -0.39 is 5.82 Å². The summed E-state index contributed by atoms with van der Waals surface area (Å²) in [6.45, 7) is 4.82. The quantitative estimate of drug-likeness (QED) is 0.447. The maximum absolute atomic E-state index is 16.0. The molecule has 34 heavy (non-hydrogen) atoms. The van der Waals surface area contributed by atoms with Crippen LogP contribution in [-0.4, -0.2) is 45.1 Å². The molecule has 4 heterocycles. The van der Waals surface area contributed by atoms with Crippen molar-refractivity contribution in [1.29, 1.82) is 0 Å². The predicted molar refractivity (Wildman–Crippen MR) is 132 cm³/mol. The fraction of sp³-hybridized carbons (Fsp3) is 0.370. The number of anilines is 1. The van der Waals surface area contributed by atoms with Crippen molar-refractivity contribution in [2.24, 2.45) is 0 Å². The molecular formula is C27H28FN5O. The van der Waals surface area contributed by atoms with Crippen LogP contribution in [0.5, 0.6) is 6.01 Å². The minimum atomic E-state index is -0.503. The molecule has 0 radical (unpaired) electrons. The predicted octanol–water partition coefficient (Wildman–Crippen LogP) is 5.14. The monoisotopic (exact) mass is 457 g/mol. The Morgan fingerprint density at radius 2 is 1.85 bits per heavy atom. The Bertz CT molecular complexity index is 1390. The molecule has 2 saturated heterocycles. The molecule has 2 aromatic carbocycles. The standard InChI is InChI=1S/C27H28FN5O/c1-2-17-7-3-8-18-9-4-10-19(21(17)18)23-22(28)24-20(15-30-23)25(29)32-26(31-24)34-16-27-11-5-13-33(27)14-6-12-27/h3-4,7-10,15H,2,5-6,11-14,16H2,1H3,(H2,29,31,32). The second kappa shape index (κ2) is 8.17. The van der Waals surface area contributed by atoms with Gasteiger partial charge in [-0.25, -0.2) is 4.39 Å². The molecule has 6 rings (SSSR count). The number of nitrogen functional groups attached to an aromatic ring is 1. The van der Waals surface area contributed by atoms with E-state index in [1.54, 1.807) is 6.20 Å². The first kappa shape index (κ1) is 21.2. The van der Waals surface area contributed by atoms with Crippen LogP contribution in [0.15, 0.2) is 42.6 Å². The molecule has 0 spiro atoms. The number of nitrogens with zero attached hydrogens (tertiary/aromatic N) is 4. The van der Waals surface area contributed by atoms with Gasteiger partial charge in [-0.3, -0.25) is 9.88 Å². The Hall–Kier alpha value is -3.32. The fourth-order valence-corrected chi connectivity index (χ4v) is 5.88. The third-order valence-corrected chi connectivity index (χ3v) is 7.60. The van der Waals surface area contributed by atoms with Crippen molar-refractivity contribution < 1.29 is 9.13 Å². The third-order valence-electron chi connectivity index (χ3n) is 7.60. The molecule has 0 amide bonds. The van der Waals surface area contributed by atoms with Gasteiger partial charge in [0.2, 0.25) is 0 Å². The lowest BCUT2D eigenvalue weighted by molar-refractivity contribution is 0.108. The van der Waals surface area contributed by atoms with E-state index in [4.69, 9.17) is 10.5 Å². The van der Waals surface area contributed by atoms with Crippen molar-refractivity contribution in [3.05, 3.63) is 54.0 Å².